The summed E-state index contributed by atoms with van der Waals surface area (Å²) in [5, 5.41) is 14.4. The summed E-state index contributed by atoms with van der Waals surface area (Å²) in [6.07, 6.45) is 0. The molecule has 3 N–H and O–H groups in total. The van der Waals surface area contributed by atoms with Gasteiger partial charge >= 0.3 is 0 Å². The number of carbonyl (C=O) groups is 2. The number of hydrogen-bond acceptors (Lipinski definition) is 5. The van der Waals surface area contributed by atoms with Crippen molar-refractivity contribution < 1.29 is 9.59 Å². The average Bonchev–Trinajstić information content (AvgIpc) is 2.86. The fourth-order valence-corrected chi connectivity index (χ4v) is 3.87. The zero-order chi connectivity index (χ0) is 24.9. The molecule has 0 radical (unpaired) electrons. The number of hydrogen-bond donors (Lipinski definition) is 3. The van der Waals surface area contributed by atoms with E-state index in [1.165, 1.54) is 0 Å². The molecule has 4 rings (SSSR count). The van der Waals surface area contributed by atoms with Gasteiger partial charge in [0.25, 0.3) is 17.4 Å². The van der Waals surface area contributed by atoms with Crippen LogP contribution in [-0.4, -0.2) is 27.7 Å². The molecule has 1 atom stereocenters. The minimum absolute atomic E-state index is 0.209. The summed E-state index contributed by atoms with van der Waals surface area (Å²) in [6.45, 7) is 5.77. The number of benzene rings is 3. The lowest BCUT2D eigenvalue weighted by molar-refractivity contribution is -0.123. The number of nitrogens with zero attached hydrogens (tertiary/aromatic N) is 2. The number of aromatic amines is 1. The second kappa shape index (κ2) is 10.1. The van der Waals surface area contributed by atoms with E-state index in [1.54, 1.807) is 61.5 Å². The van der Waals surface area contributed by atoms with E-state index in [0.717, 1.165) is 16.7 Å². The van der Waals surface area contributed by atoms with Gasteiger partial charge in [-0.15, -0.1) is 0 Å². The van der Waals surface area contributed by atoms with Crippen molar-refractivity contribution in [2.45, 2.75) is 26.8 Å². The highest BCUT2D eigenvalue weighted by atomic mass is 16.2. The number of carbonyl (C=O) groups excluding carboxylic acids is 2. The maximum absolute atomic E-state index is 13.3. The maximum atomic E-state index is 13.3. The molecule has 176 valence electrons. The number of aromatic nitrogens is 2. The van der Waals surface area contributed by atoms with Gasteiger partial charge in [-0.25, -0.2) is 10.5 Å². The van der Waals surface area contributed by atoms with Crippen LogP contribution in [0.25, 0.3) is 10.8 Å². The molecule has 35 heavy (non-hydrogen) atoms. The van der Waals surface area contributed by atoms with E-state index in [1.807, 2.05) is 26.0 Å². The Morgan fingerprint density at radius 3 is 2.20 bits per heavy atom. The summed E-state index contributed by atoms with van der Waals surface area (Å²) < 4.78 is 0. The molecule has 2 amide bonds. The van der Waals surface area contributed by atoms with Crippen molar-refractivity contribution in [2.75, 3.05) is 0 Å². The molecule has 0 aliphatic carbocycles. The van der Waals surface area contributed by atoms with Crippen molar-refractivity contribution in [3.8, 4) is 0 Å². The smallest absolute Gasteiger partial charge is 0.272 e. The fourth-order valence-electron chi connectivity index (χ4n) is 3.87. The third-order valence-electron chi connectivity index (χ3n) is 5.55. The van der Waals surface area contributed by atoms with Crippen molar-refractivity contribution in [3.05, 3.63) is 111 Å². The zero-order valence-electron chi connectivity index (χ0n) is 19.6. The molecular weight excluding hydrogens is 442 g/mol. The summed E-state index contributed by atoms with van der Waals surface area (Å²) >= 11 is 0. The van der Waals surface area contributed by atoms with Gasteiger partial charge in [-0.1, -0.05) is 65.7 Å². The van der Waals surface area contributed by atoms with Crippen molar-refractivity contribution >= 4 is 28.3 Å². The summed E-state index contributed by atoms with van der Waals surface area (Å²) in [5.74, 6) is -1.06. The fraction of sp³-hybridized carbons (Fsp3) is 0.148. The van der Waals surface area contributed by atoms with Crippen molar-refractivity contribution in [2.24, 2.45) is 5.10 Å². The molecule has 0 aliphatic heterocycles. The van der Waals surface area contributed by atoms with Gasteiger partial charge < -0.3 is 5.32 Å². The van der Waals surface area contributed by atoms with E-state index in [-0.39, 0.29) is 11.3 Å². The van der Waals surface area contributed by atoms with Crippen LogP contribution in [0.4, 0.5) is 0 Å². The number of aryl methyl sites for hydroxylation is 2. The van der Waals surface area contributed by atoms with Crippen LogP contribution in [0.5, 0.6) is 0 Å². The van der Waals surface area contributed by atoms with Crippen LogP contribution in [0.3, 0.4) is 0 Å². The Morgan fingerprint density at radius 1 is 0.886 bits per heavy atom. The van der Waals surface area contributed by atoms with Crippen LogP contribution in [0.1, 0.15) is 45.7 Å². The van der Waals surface area contributed by atoms with Crippen LogP contribution in [-0.2, 0) is 4.79 Å². The van der Waals surface area contributed by atoms with Gasteiger partial charge in [0, 0.05) is 10.9 Å². The van der Waals surface area contributed by atoms with Gasteiger partial charge in [0.2, 0.25) is 0 Å². The third-order valence-corrected chi connectivity index (χ3v) is 5.55. The molecule has 0 saturated carbocycles. The maximum Gasteiger partial charge on any atom is 0.272 e. The minimum atomic E-state index is -1.21. The molecule has 1 heterocycles. The molecule has 1 unspecified atom stereocenters. The van der Waals surface area contributed by atoms with Gasteiger partial charge in [-0.05, 0) is 44.5 Å². The van der Waals surface area contributed by atoms with Crippen LogP contribution < -0.4 is 16.3 Å². The summed E-state index contributed by atoms with van der Waals surface area (Å²) in [5.41, 5.74) is 6.41. The van der Waals surface area contributed by atoms with Crippen LogP contribution in [0, 0.1) is 13.8 Å². The largest absolute Gasteiger partial charge is 0.335 e. The van der Waals surface area contributed by atoms with Crippen molar-refractivity contribution in [1.29, 1.82) is 0 Å². The van der Waals surface area contributed by atoms with Crippen LogP contribution in [0.15, 0.2) is 82.7 Å². The highest BCUT2D eigenvalue weighted by Gasteiger charge is 2.27. The van der Waals surface area contributed by atoms with Gasteiger partial charge in [0.15, 0.2) is 6.04 Å². The first kappa shape index (κ1) is 23.6. The van der Waals surface area contributed by atoms with E-state index in [9.17, 15) is 14.4 Å². The van der Waals surface area contributed by atoms with E-state index in [0.29, 0.717) is 22.0 Å². The Kier molecular flexibility index (Phi) is 6.82. The molecule has 0 saturated heterocycles. The Labute approximate surface area is 202 Å². The number of hydrazone groups is 1. The summed E-state index contributed by atoms with van der Waals surface area (Å²) in [4.78, 5) is 38.6. The molecule has 1 aromatic heterocycles. The Bertz CT molecular complexity index is 1470. The number of amides is 2. The Morgan fingerprint density at radius 2 is 1.51 bits per heavy atom. The molecule has 3 aromatic carbocycles. The van der Waals surface area contributed by atoms with E-state index < -0.39 is 17.9 Å². The third kappa shape index (κ3) is 5.33. The average molecular weight is 468 g/mol. The number of nitrogens with one attached hydrogen (secondary N) is 3. The van der Waals surface area contributed by atoms with Crippen LogP contribution >= 0.6 is 0 Å². The van der Waals surface area contributed by atoms with Gasteiger partial charge in [0.05, 0.1) is 11.1 Å². The summed E-state index contributed by atoms with van der Waals surface area (Å²) in [6, 6.07) is 20.1. The van der Waals surface area contributed by atoms with Gasteiger partial charge in [0.1, 0.15) is 5.69 Å². The zero-order valence-corrected chi connectivity index (χ0v) is 19.6. The highest BCUT2D eigenvalue weighted by Crippen LogP contribution is 2.20. The molecule has 8 heteroatoms. The number of fused-ring (bicyclic) bond motifs is 1. The van der Waals surface area contributed by atoms with E-state index in [2.05, 4.69) is 32.1 Å². The normalized spacial score (nSPS) is 12.3. The van der Waals surface area contributed by atoms with Gasteiger partial charge in [-0.2, -0.15) is 10.2 Å². The topological polar surface area (TPSA) is 116 Å². The molecule has 8 nitrogen and oxygen atoms in total. The standard InChI is InChI=1S/C27H25N5O3/c1-16-13-17(2)15-20(14-16)18(3)29-32-27(35)24(28-25(33)19-9-5-4-6-10-19)23-21-11-7-8-12-22(21)26(34)31-30-23/h4-15,24H,1-3H3,(H,28,33)(H,31,34)(H,32,35). The number of H-pyrrole nitrogens is 1. The highest BCUT2D eigenvalue weighted by molar-refractivity contribution is 6.01. The molecule has 0 spiro atoms. The molecule has 0 fully saturated rings. The van der Waals surface area contributed by atoms with E-state index in [4.69, 9.17) is 0 Å². The first-order chi connectivity index (χ1) is 16.8. The monoisotopic (exact) mass is 467 g/mol. The Hall–Kier alpha value is -4.59. The predicted octanol–water partition coefficient (Wildman–Crippen LogP) is 3.55. The lowest BCUT2D eigenvalue weighted by atomic mass is 10.0. The lowest BCUT2D eigenvalue weighted by Gasteiger charge is -2.18. The first-order valence-corrected chi connectivity index (χ1v) is 11.1. The number of rotatable bonds is 6. The van der Waals surface area contributed by atoms with Crippen LogP contribution in [0.2, 0.25) is 0 Å². The SMILES string of the molecule is CC(=NNC(=O)C(NC(=O)c1ccccc1)c1n[nH]c(=O)c2ccccc12)c1cc(C)cc(C)c1. The van der Waals surface area contributed by atoms with Crippen molar-refractivity contribution in [3.63, 3.8) is 0 Å². The molecule has 0 aliphatic rings. The van der Waals surface area contributed by atoms with E-state index >= 15 is 0 Å². The summed E-state index contributed by atoms with van der Waals surface area (Å²) in [7, 11) is 0. The second-order valence-corrected chi connectivity index (χ2v) is 8.31. The second-order valence-electron chi connectivity index (χ2n) is 8.31. The quantitative estimate of drug-likeness (QED) is 0.297. The molecule has 4 aromatic rings. The molecule has 0 bridgehead atoms. The van der Waals surface area contributed by atoms with Gasteiger partial charge in [-0.3, -0.25) is 14.4 Å². The molecular formula is C27H25N5O3. The first-order valence-electron chi connectivity index (χ1n) is 11.1. The minimum Gasteiger partial charge on any atom is -0.335 e. The lowest BCUT2D eigenvalue weighted by Crippen LogP contribution is -2.40. The van der Waals surface area contributed by atoms with Crippen molar-refractivity contribution in [1.82, 2.24) is 20.9 Å². The Balaban J connectivity index is 1.70. The predicted molar refractivity (Wildman–Crippen MR) is 135 cm³/mol.